The Kier molecular flexibility index (Phi) is 4.77. The molecule has 0 saturated heterocycles. The highest BCUT2D eigenvalue weighted by Crippen LogP contribution is 2.11. The Balaban J connectivity index is 4.75. The van der Waals surface area contributed by atoms with Gasteiger partial charge in [0.05, 0.1) is 0 Å². The first-order valence-electron chi connectivity index (χ1n) is 3.84. The molecule has 0 aliphatic rings. The van der Waals surface area contributed by atoms with Crippen LogP contribution in [0.15, 0.2) is 35.6 Å². The molecule has 2 heteroatoms. The minimum Gasteiger partial charge on any atom is -0.329 e. The number of carbonyl (C=O) groups is 1. The van der Waals surface area contributed by atoms with Crippen LogP contribution in [-0.2, 0) is 4.79 Å². The molecule has 0 radical (unpaired) electrons. The summed E-state index contributed by atoms with van der Waals surface area (Å²) in [6, 6.07) is 0. The summed E-state index contributed by atoms with van der Waals surface area (Å²) >= 11 is 0. The summed E-state index contributed by atoms with van der Waals surface area (Å²) in [4.78, 5) is 10.2. The lowest BCUT2D eigenvalue weighted by molar-refractivity contribution is -0.108. The van der Waals surface area contributed by atoms with E-state index in [-0.39, 0.29) is 0 Å². The molecule has 0 heterocycles. The van der Waals surface area contributed by atoms with Gasteiger partial charge in [0.1, 0.15) is 0 Å². The highest BCUT2D eigenvalue weighted by molar-refractivity contribution is 5.54. The average molecular weight is 165 g/mol. The van der Waals surface area contributed by atoms with Crippen LogP contribution in [0.1, 0.15) is 20.8 Å². The first-order chi connectivity index (χ1) is 5.67. The maximum atomic E-state index is 10.2. The fourth-order valence-corrected chi connectivity index (χ4v) is 0.837. The summed E-state index contributed by atoms with van der Waals surface area (Å²) in [5, 5.41) is 2.62. The van der Waals surface area contributed by atoms with Gasteiger partial charge in [0.2, 0.25) is 6.41 Å². The lowest BCUT2D eigenvalue weighted by Crippen LogP contribution is -2.11. The van der Waals surface area contributed by atoms with E-state index in [9.17, 15) is 4.79 Å². The minimum atomic E-state index is 0.676. The van der Waals surface area contributed by atoms with Gasteiger partial charge in [0.25, 0.3) is 0 Å². The predicted octanol–water partition coefficient (Wildman–Crippen LogP) is 2.16. The largest absolute Gasteiger partial charge is 0.329 e. The maximum Gasteiger partial charge on any atom is 0.211 e. The number of amides is 1. The SMILES string of the molecule is C=C/C(C)=C(C)\C(=C/C)NC=O. The van der Waals surface area contributed by atoms with Crippen LogP contribution >= 0.6 is 0 Å². The number of hydrogen-bond donors (Lipinski definition) is 1. The molecule has 0 aliphatic carbocycles. The topological polar surface area (TPSA) is 29.1 Å². The van der Waals surface area contributed by atoms with Gasteiger partial charge in [-0.2, -0.15) is 0 Å². The molecule has 0 aliphatic heterocycles. The molecule has 0 aromatic rings. The molecule has 1 amide bonds. The Bertz CT molecular complexity index is 236. The second kappa shape index (κ2) is 5.35. The van der Waals surface area contributed by atoms with Crippen molar-refractivity contribution in [3.63, 3.8) is 0 Å². The van der Waals surface area contributed by atoms with Crippen LogP contribution < -0.4 is 5.32 Å². The van der Waals surface area contributed by atoms with E-state index in [4.69, 9.17) is 0 Å². The Hall–Kier alpha value is -1.31. The highest BCUT2D eigenvalue weighted by atomic mass is 16.1. The van der Waals surface area contributed by atoms with E-state index in [1.54, 1.807) is 6.08 Å². The Morgan fingerprint density at radius 2 is 2.00 bits per heavy atom. The van der Waals surface area contributed by atoms with Gasteiger partial charge in [-0.25, -0.2) is 0 Å². The summed E-state index contributed by atoms with van der Waals surface area (Å²) in [5.74, 6) is 0. The van der Waals surface area contributed by atoms with E-state index in [2.05, 4.69) is 11.9 Å². The summed E-state index contributed by atoms with van der Waals surface area (Å²) in [6.07, 6.45) is 4.30. The third kappa shape index (κ3) is 2.74. The number of allylic oxidation sites excluding steroid dienone is 4. The van der Waals surface area contributed by atoms with Crippen molar-refractivity contribution in [2.75, 3.05) is 0 Å². The fourth-order valence-electron chi connectivity index (χ4n) is 0.837. The standard InChI is InChI=1S/C10H15NO/c1-5-8(3)9(4)10(6-2)11-7-12/h5-7H,1H2,2-4H3,(H,11,12)/b9-8-,10-6+. The van der Waals surface area contributed by atoms with Crippen molar-refractivity contribution in [3.8, 4) is 0 Å². The van der Waals surface area contributed by atoms with Crippen LogP contribution in [0.4, 0.5) is 0 Å². The molecule has 2 nitrogen and oxygen atoms in total. The van der Waals surface area contributed by atoms with Crippen LogP contribution in [0, 0.1) is 0 Å². The maximum absolute atomic E-state index is 10.2. The van der Waals surface area contributed by atoms with Crippen LogP contribution in [-0.4, -0.2) is 6.41 Å². The van der Waals surface area contributed by atoms with E-state index in [1.165, 1.54) is 0 Å². The van der Waals surface area contributed by atoms with Crippen molar-refractivity contribution >= 4 is 6.41 Å². The average Bonchev–Trinajstić information content (AvgIpc) is 2.11. The second-order valence-electron chi connectivity index (χ2n) is 2.48. The molecule has 0 fully saturated rings. The van der Waals surface area contributed by atoms with Crippen LogP contribution in [0.3, 0.4) is 0 Å². The van der Waals surface area contributed by atoms with Crippen LogP contribution in [0.5, 0.6) is 0 Å². The van der Waals surface area contributed by atoms with Gasteiger partial charge >= 0.3 is 0 Å². The van der Waals surface area contributed by atoms with Gasteiger partial charge in [-0.05, 0) is 31.9 Å². The Labute approximate surface area is 73.7 Å². The molecule has 0 aromatic heterocycles. The molecule has 0 aromatic carbocycles. The first-order valence-corrected chi connectivity index (χ1v) is 3.84. The number of hydrogen-bond acceptors (Lipinski definition) is 1. The van der Waals surface area contributed by atoms with E-state index < -0.39 is 0 Å². The van der Waals surface area contributed by atoms with Gasteiger partial charge in [0.15, 0.2) is 0 Å². The molecule has 0 atom stereocenters. The molecule has 1 N–H and O–H groups in total. The van der Waals surface area contributed by atoms with Gasteiger partial charge in [0, 0.05) is 5.70 Å². The Morgan fingerprint density at radius 3 is 2.33 bits per heavy atom. The predicted molar refractivity (Wildman–Crippen MR) is 51.5 cm³/mol. The van der Waals surface area contributed by atoms with E-state index in [1.807, 2.05) is 26.8 Å². The van der Waals surface area contributed by atoms with Crippen LogP contribution in [0.2, 0.25) is 0 Å². The first kappa shape index (κ1) is 10.7. The van der Waals surface area contributed by atoms with Crippen molar-refractivity contribution < 1.29 is 4.79 Å². The van der Waals surface area contributed by atoms with Gasteiger partial charge in [-0.15, -0.1) is 0 Å². The van der Waals surface area contributed by atoms with Gasteiger partial charge in [-0.1, -0.05) is 18.7 Å². The van der Waals surface area contributed by atoms with Crippen molar-refractivity contribution in [3.05, 3.63) is 35.6 Å². The zero-order chi connectivity index (χ0) is 9.56. The lowest BCUT2D eigenvalue weighted by Gasteiger charge is -2.07. The number of rotatable bonds is 4. The third-order valence-electron chi connectivity index (χ3n) is 1.80. The normalized spacial score (nSPS) is 13.4. The monoisotopic (exact) mass is 165 g/mol. The number of nitrogens with one attached hydrogen (secondary N) is 1. The number of carbonyl (C=O) groups excluding carboxylic acids is 1. The van der Waals surface area contributed by atoms with Crippen LogP contribution in [0.25, 0.3) is 0 Å². The van der Waals surface area contributed by atoms with Gasteiger partial charge in [-0.3, -0.25) is 4.79 Å². The summed E-state index contributed by atoms with van der Waals surface area (Å²) < 4.78 is 0. The van der Waals surface area contributed by atoms with Crippen molar-refractivity contribution in [2.24, 2.45) is 0 Å². The smallest absolute Gasteiger partial charge is 0.211 e. The van der Waals surface area contributed by atoms with Gasteiger partial charge < -0.3 is 5.32 Å². The molecule has 12 heavy (non-hydrogen) atoms. The van der Waals surface area contributed by atoms with Crippen molar-refractivity contribution in [1.29, 1.82) is 0 Å². The molecule has 66 valence electrons. The van der Waals surface area contributed by atoms with Crippen molar-refractivity contribution in [1.82, 2.24) is 5.32 Å². The summed E-state index contributed by atoms with van der Waals surface area (Å²) in [7, 11) is 0. The van der Waals surface area contributed by atoms with Crippen molar-refractivity contribution in [2.45, 2.75) is 20.8 Å². The zero-order valence-electron chi connectivity index (χ0n) is 7.85. The Morgan fingerprint density at radius 1 is 1.42 bits per heavy atom. The molecule has 0 rings (SSSR count). The quantitative estimate of drug-likeness (QED) is 0.502. The minimum absolute atomic E-state index is 0.676. The molecule has 0 saturated carbocycles. The third-order valence-corrected chi connectivity index (χ3v) is 1.80. The second-order valence-corrected chi connectivity index (χ2v) is 2.48. The summed E-state index contributed by atoms with van der Waals surface area (Å²) in [5.41, 5.74) is 2.94. The van der Waals surface area contributed by atoms with E-state index in [0.717, 1.165) is 16.8 Å². The molecule has 0 spiro atoms. The zero-order valence-corrected chi connectivity index (χ0v) is 7.85. The van der Waals surface area contributed by atoms with E-state index in [0.29, 0.717) is 6.41 Å². The fraction of sp³-hybridized carbons (Fsp3) is 0.300. The lowest BCUT2D eigenvalue weighted by atomic mass is 10.1. The highest BCUT2D eigenvalue weighted by Gasteiger charge is 1.98. The summed E-state index contributed by atoms with van der Waals surface area (Å²) in [6.45, 7) is 9.44. The molecular weight excluding hydrogens is 150 g/mol. The molecular formula is C10H15NO. The molecule has 0 unspecified atom stereocenters. The molecule has 0 bridgehead atoms. The van der Waals surface area contributed by atoms with E-state index >= 15 is 0 Å².